The summed E-state index contributed by atoms with van der Waals surface area (Å²) in [6.07, 6.45) is 1.06. The summed E-state index contributed by atoms with van der Waals surface area (Å²) in [6.45, 7) is 1.64. The summed E-state index contributed by atoms with van der Waals surface area (Å²) >= 11 is 0. The molecule has 11 heteroatoms. The Balaban J connectivity index is 2.47. The van der Waals surface area contributed by atoms with Crippen molar-refractivity contribution in [2.45, 2.75) is 19.4 Å². The molecule has 1 unspecified atom stereocenters. The number of methoxy groups -OCH3 is 2. The summed E-state index contributed by atoms with van der Waals surface area (Å²) in [7, 11) is -1.04. The van der Waals surface area contributed by atoms with Crippen LogP contribution in [0.25, 0.3) is 0 Å². The number of non-ortho nitro benzene ring substituents is 1. The zero-order valence-corrected chi connectivity index (χ0v) is 17.8. The van der Waals surface area contributed by atoms with Gasteiger partial charge in [0, 0.05) is 18.2 Å². The number of nitro groups is 1. The highest BCUT2D eigenvalue weighted by Crippen LogP contribution is 2.31. The number of hydrogen-bond donors (Lipinski definition) is 1. The highest BCUT2D eigenvalue weighted by atomic mass is 32.2. The third kappa shape index (κ3) is 5.17. The molecular weight excluding hydrogens is 414 g/mol. The zero-order valence-electron chi connectivity index (χ0n) is 17.0. The molecule has 10 nitrogen and oxygen atoms in total. The Hall–Kier alpha value is -3.34. The fraction of sp³-hybridized carbons (Fsp3) is 0.316. The van der Waals surface area contributed by atoms with Crippen molar-refractivity contribution >= 4 is 33.0 Å². The first-order valence-electron chi connectivity index (χ1n) is 8.89. The molecule has 0 bridgehead atoms. The lowest BCUT2D eigenvalue weighted by atomic mass is 10.1. The molecule has 162 valence electrons. The number of nitrogens with one attached hydrogen (secondary N) is 1. The zero-order chi connectivity index (χ0) is 22.5. The molecule has 1 amide bonds. The van der Waals surface area contributed by atoms with Gasteiger partial charge in [0.05, 0.1) is 36.8 Å². The highest BCUT2D eigenvalue weighted by Gasteiger charge is 2.32. The van der Waals surface area contributed by atoms with Gasteiger partial charge in [-0.15, -0.1) is 0 Å². The Bertz CT molecular complexity index is 1040. The van der Waals surface area contributed by atoms with E-state index in [1.807, 2.05) is 0 Å². The van der Waals surface area contributed by atoms with E-state index in [1.165, 1.54) is 32.4 Å². The molecule has 0 aliphatic heterocycles. The Labute approximate surface area is 174 Å². The van der Waals surface area contributed by atoms with Crippen LogP contribution in [0.15, 0.2) is 42.5 Å². The molecule has 0 saturated carbocycles. The maximum atomic E-state index is 13.0. The number of anilines is 2. The van der Waals surface area contributed by atoms with Crippen molar-refractivity contribution in [1.82, 2.24) is 0 Å². The van der Waals surface area contributed by atoms with E-state index in [9.17, 15) is 23.3 Å². The molecular formula is C19H23N3O7S. The largest absolute Gasteiger partial charge is 0.497 e. The molecule has 2 rings (SSSR count). The topological polar surface area (TPSA) is 128 Å². The fourth-order valence-electron chi connectivity index (χ4n) is 2.93. The molecule has 0 aromatic heterocycles. The number of nitro benzene ring substituents is 1. The summed E-state index contributed by atoms with van der Waals surface area (Å²) in [5, 5.41) is 13.8. The minimum absolute atomic E-state index is 0.0197. The second kappa shape index (κ2) is 9.44. The van der Waals surface area contributed by atoms with E-state index in [0.29, 0.717) is 17.2 Å². The van der Waals surface area contributed by atoms with E-state index >= 15 is 0 Å². The van der Waals surface area contributed by atoms with Crippen molar-refractivity contribution in [3.63, 3.8) is 0 Å². The Morgan fingerprint density at radius 2 is 1.90 bits per heavy atom. The maximum absolute atomic E-state index is 13.0. The number of amides is 1. The molecule has 0 aliphatic rings. The fourth-order valence-corrected chi connectivity index (χ4v) is 4.14. The van der Waals surface area contributed by atoms with Gasteiger partial charge in [-0.1, -0.05) is 13.0 Å². The number of nitrogens with zero attached hydrogens (tertiary/aromatic N) is 2. The summed E-state index contributed by atoms with van der Waals surface area (Å²) in [5.41, 5.74) is 0.0324. The van der Waals surface area contributed by atoms with Crippen molar-refractivity contribution in [2.75, 3.05) is 30.1 Å². The minimum Gasteiger partial charge on any atom is -0.497 e. The highest BCUT2D eigenvalue weighted by molar-refractivity contribution is 7.92. The van der Waals surface area contributed by atoms with Gasteiger partial charge in [-0.2, -0.15) is 0 Å². The first kappa shape index (κ1) is 22.9. The van der Waals surface area contributed by atoms with Gasteiger partial charge in [0.15, 0.2) is 0 Å². The average Bonchev–Trinajstić information content (AvgIpc) is 2.70. The standard InChI is InChI=1S/C19H23N3O7S/c1-5-17(19(23)20-16-12-15(28-2)9-10-18(16)29-3)21(30(4,26)27)13-7-6-8-14(11-13)22(24)25/h6-12,17H,5H2,1-4H3,(H,20,23). The number of rotatable bonds is 9. The van der Waals surface area contributed by atoms with Gasteiger partial charge in [0.1, 0.15) is 17.5 Å². The third-order valence-electron chi connectivity index (χ3n) is 4.29. The quantitative estimate of drug-likeness (QED) is 0.472. The second-order valence-electron chi connectivity index (χ2n) is 6.32. The van der Waals surface area contributed by atoms with E-state index in [0.717, 1.165) is 16.6 Å². The van der Waals surface area contributed by atoms with Crippen LogP contribution in [0.4, 0.5) is 17.1 Å². The van der Waals surface area contributed by atoms with Gasteiger partial charge < -0.3 is 14.8 Å². The first-order valence-corrected chi connectivity index (χ1v) is 10.7. The van der Waals surface area contributed by atoms with Crippen LogP contribution in [0.3, 0.4) is 0 Å². The van der Waals surface area contributed by atoms with Crippen LogP contribution in [0.5, 0.6) is 11.5 Å². The number of hydrogen-bond acceptors (Lipinski definition) is 7. The lowest BCUT2D eigenvalue weighted by Crippen LogP contribution is -2.47. The number of sulfonamides is 1. The number of carbonyl (C=O) groups is 1. The van der Waals surface area contributed by atoms with Crippen molar-refractivity contribution < 1.29 is 27.6 Å². The maximum Gasteiger partial charge on any atom is 0.271 e. The lowest BCUT2D eigenvalue weighted by molar-refractivity contribution is -0.384. The van der Waals surface area contributed by atoms with Gasteiger partial charge in [0.25, 0.3) is 5.69 Å². The van der Waals surface area contributed by atoms with E-state index in [4.69, 9.17) is 9.47 Å². The molecule has 2 aromatic rings. The summed E-state index contributed by atoms with van der Waals surface area (Å²) in [4.78, 5) is 23.5. The number of ether oxygens (including phenoxy) is 2. The predicted molar refractivity (Wildman–Crippen MR) is 113 cm³/mol. The summed E-state index contributed by atoms with van der Waals surface area (Å²) in [5.74, 6) is 0.207. The number of benzene rings is 2. The van der Waals surface area contributed by atoms with Crippen LogP contribution >= 0.6 is 0 Å². The van der Waals surface area contributed by atoms with Crippen molar-refractivity contribution in [2.24, 2.45) is 0 Å². The third-order valence-corrected chi connectivity index (χ3v) is 5.47. The SMILES string of the molecule is CCC(C(=O)Nc1cc(OC)ccc1OC)N(c1cccc([N+](=O)[O-])c1)S(C)(=O)=O. The van der Waals surface area contributed by atoms with Crippen LogP contribution in [0.2, 0.25) is 0 Å². The second-order valence-corrected chi connectivity index (χ2v) is 8.17. The molecule has 0 radical (unpaired) electrons. The molecule has 0 saturated heterocycles. The van der Waals surface area contributed by atoms with Crippen LogP contribution < -0.4 is 19.1 Å². The molecule has 1 N–H and O–H groups in total. The Morgan fingerprint density at radius 1 is 1.20 bits per heavy atom. The predicted octanol–water partition coefficient (Wildman–Crippen LogP) is 2.80. The van der Waals surface area contributed by atoms with Crippen molar-refractivity contribution in [1.29, 1.82) is 0 Å². The van der Waals surface area contributed by atoms with E-state index in [2.05, 4.69) is 5.32 Å². The van der Waals surface area contributed by atoms with Gasteiger partial charge in [-0.25, -0.2) is 8.42 Å². The Kier molecular flexibility index (Phi) is 7.22. The molecule has 0 aliphatic carbocycles. The van der Waals surface area contributed by atoms with Gasteiger partial charge in [0.2, 0.25) is 15.9 Å². The smallest absolute Gasteiger partial charge is 0.271 e. The molecule has 0 fully saturated rings. The lowest BCUT2D eigenvalue weighted by Gasteiger charge is -2.30. The van der Waals surface area contributed by atoms with E-state index in [-0.39, 0.29) is 17.8 Å². The average molecular weight is 437 g/mol. The monoisotopic (exact) mass is 437 g/mol. The minimum atomic E-state index is -3.94. The van der Waals surface area contributed by atoms with E-state index in [1.54, 1.807) is 25.1 Å². The molecule has 30 heavy (non-hydrogen) atoms. The summed E-state index contributed by atoms with van der Waals surface area (Å²) < 4.78 is 36.3. The molecule has 2 aromatic carbocycles. The van der Waals surface area contributed by atoms with Gasteiger partial charge in [-0.05, 0) is 24.6 Å². The van der Waals surface area contributed by atoms with Crippen LogP contribution in [-0.2, 0) is 14.8 Å². The van der Waals surface area contributed by atoms with Crippen LogP contribution in [-0.4, -0.2) is 45.8 Å². The van der Waals surface area contributed by atoms with Crippen molar-refractivity contribution in [3.8, 4) is 11.5 Å². The van der Waals surface area contributed by atoms with Gasteiger partial charge in [-0.3, -0.25) is 19.2 Å². The normalized spacial score (nSPS) is 12.0. The van der Waals surface area contributed by atoms with Crippen molar-refractivity contribution in [3.05, 3.63) is 52.6 Å². The molecule has 0 heterocycles. The van der Waals surface area contributed by atoms with Gasteiger partial charge >= 0.3 is 0 Å². The van der Waals surface area contributed by atoms with E-state index < -0.39 is 26.9 Å². The van der Waals surface area contributed by atoms with Crippen LogP contribution in [0, 0.1) is 10.1 Å². The van der Waals surface area contributed by atoms with Crippen LogP contribution in [0.1, 0.15) is 13.3 Å². The first-order chi connectivity index (χ1) is 14.1. The number of carbonyl (C=O) groups excluding carboxylic acids is 1. The summed E-state index contributed by atoms with van der Waals surface area (Å²) in [6, 6.07) is 8.76. The molecule has 0 spiro atoms. The Morgan fingerprint density at radius 3 is 2.43 bits per heavy atom. The molecule has 1 atom stereocenters.